The van der Waals surface area contributed by atoms with Crippen molar-refractivity contribution < 1.29 is 38.9 Å². The molecule has 12 nitrogen and oxygen atoms in total. The highest BCUT2D eigenvalue weighted by Crippen LogP contribution is 2.28. The van der Waals surface area contributed by atoms with E-state index in [9.17, 15) is 34.2 Å². The van der Waals surface area contributed by atoms with Crippen molar-refractivity contribution >= 4 is 29.8 Å². The van der Waals surface area contributed by atoms with Gasteiger partial charge in [0.2, 0.25) is 17.7 Å². The van der Waals surface area contributed by atoms with Gasteiger partial charge in [-0.05, 0) is 45.1 Å². The lowest BCUT2D eigenvalue weighted by molar-refractivity contribution is -0.138. The quantitative estimate of drug-likeness (QED) is 0.179. The molecular weight excluding hydrogens is 544 g/mol. The van der Waals surface area contributed by atoms with Gasteiger partial charge >= 0.3 is 12.1 Å². The summed E-state index contributed by atoms with van der Waals surface area (Å²) in [5.74, 6) is -3.19. The summed E-state index contributed by atoms with van der Waals surface area (Å²) in [6.45, 7) is 5.16. The minimum absolute atomic E-state index is 0.111. The number of carboxylic acid groups (broad SMARTS) is 1. The number of primary amides is 1. The van der Waals surface area contributed by atoms with Gasteiger partial charge in [-0.2, -0.15) is 0 Å². The van der Waals surface area contributed by atoms with Crippen molar-refractivity contribution in [1.82, 2.24) is 16.0 Å². The molecule has 1 aliphatic rings. The summed E-state index contributed by atoms with van der Waals surface area (Å²) in [5, 5.41) is 27.9. The highest BCUT2D eigenvalue weighted by Gasteiger charge is 2.31. The molecule has 0 unspecified atom stereocenters. The largest absolute Gasteiger partial charge is 0.481 e. The van der Waals surface area contributed by atoms with E-state index >= 15 is 0 Å². The molecule has 1 aliphatic carbocycles. The van der Waals surface area contributed by atoms with Crippen molar-refractivity contribution in [3.63, 3.8) is 0 Å². The second-order valence-corrected chi connectivity index (χ2v) is 12.0. The minimum Gasteiger partial charge on any atom is -0.481 e. The molecule has 0 aromatic heterocycles. The van der Waals surface area contributed by atoms with E-state index in [1.54, 1.807) is 51.1 Å². The number of nitrogens with one attached hydrogen (secondary N) is 3. The number of carbonyl (C=O) groups excluding carboxylic acids is 4. The maximum Gasteiger partial charge on any atom is 0.407 e. The molecule has 0 saturated heterocycles. The third-order valence-electron chi connectivity index (χ3n) is 7.11. The van der Waals surface area contributed by atoms with Crippen LogP contribution in [-0.4, -0.2) is 69.8 Å². The van der Waals surface area contributed by atoms with Crippen LogP contribution in [-0.2, 0) is 30.3 Å². The van der Waals surface area contributed by atoms with E-state index in [2.05, 4.69) is 16.0 Å². The number of alkyl carbamates (subject to hydrolysis) is 1. The van der Waals surface area contributed by atoms with Gasteiger partial charge in [-0.25, -0.2) is 4.79 Å². The maximum absolute atomic E-state index is 13.1. The minimum atomic E-state index is -1.30. The van der Waals surface area contributed by atoms with Gasteiger partial charge in [0.25, 0.3) is 0 Å². The van der Waals surface area contributed by atoms with E-state index in [1.165, 1.54) is 0 Å². The average Bonchev–Trinajstić information content (AvgIpc) is 2.90. The van der Waals surface area contributed by atoms with Gasteiger partial charge in [-0.3, -0.25) is 19.2 Å². The number of aliphatic hydroxyl groups excluding tert-OH is 1. The van der Waals surface area contributed by atoms with Crippen molar-refractivity contribution in [3.8, 4) is 0 Å². The van der Waals surface area contributed by atoms with Crippen LogP contribution in [0.5, 0.6) is 0 Å². The van der Waals surface area contributed by atoms with E-state index in [-0.39, 0.29) is 18.8 Å². The Labute approximate surface area is 247 Å². The highest BCUT2D eigenvalue weighted by atomic mass is 16.6. The summed E-state index contributed by atoms with van der Waals surface area (Å²) in [6, 6.07) is 5.72. The summed E-state index contributed by atoms with van der Waals surface area (Å²) >= 11 is 0. The molecule has 2 rings (SSSR count). The Bertz CT molecular complexity index is 1050. The fourth-order valence-electron chi connectivity index (χ4n) is 5.02. The first kappa shape index (κ1) is 34.5. The van der Waals surface area contributed by atoms with Crippen LogP contribution in [0.2, 0.25) is 0 Å². The van der Waals surface area contributed by atoms with Crippen LogP contribution in [0.3, 0.4) is 0 Å². The van der Waals surface area contributed by atoms with Crippen LogP contribution < -0.4 is 21.7 Å². The lowest BCUT2D eigenvalue weighted by atomic mass is 9.83. The van der Waals surface area contributed by atoms with E-state index in [1.807, 2.05) is 0 Å². The molecule has 4 atom stereocenters. The molecule has 234 valence electrons. The first-order chi connectivity index (χ1) is 19.7. The van der Waals surface area contributed by atoms with Crippen LogP contribution in [0, 0.1) is 5.92 Å². The number of nitrogens with two attached hydrogens (primary N) is 1. The molecule has 42 heavy (non-hydrogen) atoms. The normalized spacial score (nSPS) is 16.8. The highest BCUT2D eigenvalue weighted by molar-refractivity contribution is 5.92. The number of benzene rings is 1. The molecule has 0 heterocycles. The Morgan fingerprint density at radius 3 is 2.19 bits per heavy atom. The molecule has 12 heteroatoms. The topological polar surface area (TPSA) is 197 Å². The second-order valence-electron chi connectivity index (χ2n) is 12.0. The van der Waals surface area contributed by atoms with Crippen molar-refractivity contribution in [3.05, 3.63) is 35.9 Å². The van der Waals surface area contributed by atoms with Crippen LogP contribution in [0.4, 0.5) is 4.79 Å². The zero-order valence-corrected chi connectivity index (χ0v) is 24.8. The van der Waals surface area contributed by atoms with E-state index in [4.69, 9.17) is 10.5 Å². The van der Waals surface area contributed by atoms with Gasteiger partial charge < -0.3 is 36.6 Å². The standard InChI is InChI=1S/C30H46N4O8/c1-30(2,3)42-29(41)34-22(16-19-10-6-4-7-11-19)24(35)18-25(36)32-21(14-15-26(37)38)28(40)33-23(27(31)39)17-20-12-8-5-9-13-20/h5,8-9,12-13,19,21-24,35H,4,6-7,10-11,14-18H2,1-3H3,(H2,31,39)(H,32,36)(H,33,40)(H,34,41)(H,37,38)/t21-,22-,23-,24-/m0/s1. The lowest BCUT2D eigenvalue weighted by Crippen LogP contribution is -2.54. The fourth-order valence-corrected chi connectivity index (χ4v) is 5.02. The summed E-state index contributed by atoms with van der Waals surface area (Å²) in [7, 11) is 0. The number of carboxylic acids is 1. The van der Waals surface area contributed by atoms with E-state index in [0.29, 0.717) is 6.42 Å². The van der Waals surface area contributed by atoms with Gasteiger partial charge in [0, 0.05) is 12.8 Å². The average molecular weight is 591 g/mol. The summed E-state index contributed by atoms with van der Waals surface area (Å²) < 4.78 is 5.35. The van der Waals surface area contributed by atoms with Gasteiger partial charge in [0.15, 0.2) is 0 Å². The number of hydrogen-bond acceptors (Lipinski definition) is 7. The fraction of sp³-hybridized carbons (Fsp3) is 0.633. The first-order valence-corrected chi connectivity index (χ1v) is 14.6. The molecule has 1 aromatic carbocycles. The SMILES string of the molecule is CC(C)(C)OC(=O)N[C@@H](CC1CCCCC1)[C@@H](O)CC(=O)N[C@@H](CCC(=O)O)C(=O)N[C@@H](Cc1ccccc1)C(N)=O. The molecule has 0 radical (unpaired) electrons. The second kappa shape index (κ2) is 16.7. The van der Waals surface area contributed by atoms with Crippen LogP contribution in [0.25, 0.3) is 0 Å². The number of amides is 4. The zero-order valence-electron chi connectivity index (χ0n) is 24.8. The predicted molar refractivity (Wildman–Crippen MR) is 155 cm³/mol. The first-order valence-electron chi connectivity index (χ1n) is 14.6. The van der Waals surface area contributed by atoms with Crippen LogP contribution in [0.15, 0.2) is 30.3 Å². The van der Waals surface area contributed by atoms with Gasteiger partial charge in [-0.1, -0.05) is 62.4 Å². The van der Waals surface area contributed by atoms with Gasteiger partial charge in [-0.15, -0.1) is 0 Å². The zero-order chi connectivity index (χ0) is 31.3. The smallest absolute Gasteiger partial charge is 0.407 e. The molecule has 1 fully saturated rings. The number of hydrogen-bond donors (Lipinski definition) is 6. The Balaban J connectivity index is 2.10. The third kappa shape index (κ3) is 13.3. The van der Waals surface area contributed by atoms with Crippen molar-refractivity contribution in [1.29, 1.82) is 0 Å². The lowest BCUT2D eigenvalue weighted by Gasteiger charge is -2.31. The Kier molecular flexibility index (Phi) is 13.7. The number of rotatable bonds is 15. The molecule has 0 spiro atoms. The molecule has 0 aliphatic heterocycles. The predicted octanol–water partition coefficient (Wildman–Crippen LogP) is 2.16. The summed E-state index contributed by atoms with van der Waals surface area (Å²) in [6.07, 6.45) is 2.58. The molecule has 7 N–H and O–H groups in total. The molecular formula is C30H46N4O8. The monoisotopic (exact) mass is 590 g/mol. The molecule has 4 amide bonds. The number of ether oxygens (including phenoxy) is 1. The Morgan fingerprint density at radius 1 is 0.976 bits per heavy atom. The molecule has 1 aromatic rings. The number of aliphatic hydroxyl groups is 1. The number of carbonyl (C=O) groups is 5. The van der Waals surface area contributed by atoms with Crippen LogP contribution >= 0.6 is 0 Å². The van der Waals surface area contributed by atoms with Crippen molar-refractivity contribution in [2.45, 2.75) is 115 Å². The van der Waals surface area contributed by atoms with E-state index in [0.717, 1.165) is 37.7 Å². The Hall–Kier alpha value is -3.67. The van der Waals surface area contributed by atoms with Crippen molar-refractivity contribution in [2.24, 2.45) is 11.7 Å². The number of aliphatic carboxylic acids is 1. The van der Waals surface area contributed by atoms with E-state index < -0.39 is 72.5 Å². The Morgan fingerprint density at radius 2 is 1.62 bits per heavy atom. The molecule has 0 bridgehead atoms. The van der Waals surface area contributed by atoms with Gasteiger partial charge in [0.05, 0.1) is 18.6 Å². The summed E-state index contributed by atoms with van der Waals surface area (Å²) in [5.41, 5.74) is 5.49. The molecule has 1 saturated carbocycles. The summed E-state index contributed by atoms with van der Waals surface area (Å²) in [4.78, 5) is 61.9. The van der Waals surface area contributed by atoms with Crippen molar-refractivity contribution in [2.75, 3.05) is 0 Å². The van der Waals surface area contributed by atoms with Gasteiger partial charge in [0.1, 0.15) is 17.7 Å². The third-order valence-corrected chi connectivity index (χ3v) is 7.11. The van der Waals surface area contributed by atoms with Crippen LogP contribution in [0.1, 0.15) is 84.1 Å². The maximum atomic E-state index is 13.1.